The van der Waals surface area contributed by atoms with Crippen molar-refractivity contribution < 1.29 is 8.42 Å². The lowest BCUT2D eigenvalue weighted by Crippen LogP contribution is -2.44. The van der Waals surface area contributed by atoms with Gasteiger partial charge in [-0.15, -0.1) is 0 Å². The lowest BCUT2D eigenvalue weighted by molar-refractivity contribution is 0.279. The molecule has 0 unspecified atom stereocenters. The maximum Gasteiger partial charge on any atom is 0.210 e. The molecule has 1 fully saturated rings. The van der Waals surface area contributed by atoms with Crippen LogP contribution >= 0.6 is 23.2 Å². The van der Waals surface area contributed by atoms with Crippen LogP contribution in [0.3, 0.4) is 0 Å². The molecule has 0 radical (unpaired) electrons. The Morgan fingerprint density at radius 2 is 2.04 bits per heavy atom. The average Bonchev–Trinajstić information content (AvgIpc) is 2.50. The van der Waals surface area contributed by atoms with E-state index in [-0.39, 0.29) is 5.41 Å². The van der Waals surface area contributed by atoms with E-state index < -0.39 is 10.0 Å². The predicted octanol–water partition coefficient (Wildman–Crippen LogP) is 3.29. The molecule has 1 heterocycles. The smallest absolute Gasteiger partial charge is 0.210 e. The zero-order valence-electron chi connectivity index (χ0n) is 13.6. The number of halogens is 2. The van der Waals surface area contributed by atoms with Crippen LogP contribution in [0.4, 0.5) is 0 Å². The van der Waals surface area contributed by atoms with Crippen molar-refractivity contribution in [1.82, 2.24) is 9.62 Å². The molecule has 7 heteroatoms. The van der Waals surface area contributed by atoms with Gasteiger partial charge in [0.2, 0.25) is 10.0 Å². The van der Waals surface area contributed by atoms with Gasteiger partial charge in [0.15, 0.2) is 0 Å². The van der Waals surface area contributed by atoms with Crippen molar-refractivity contribution >= 4 is 33.2 Å². The number of hydrogen-bond donors (Lipinski definition) is 1. The fourth-order valence-electron chi connectivity index (χ4n) is 3.20. The quantitative estimate of drug-likeness (QED) is 0.825. The van der Waals surface area contributed by atoms with E-state index in [4.69, 9.17) is 23.2 Å². The molecule has 0 aromatic heterocycles. The molecule has 2 rings (SSSR count). The highest BCUT2D eigenvalue weighted by Gasteiger charge is 2.34. The van der Waals surface area contributed by atoms with Crippen LogP contribution in [0.1, 0.15) is 31.2 Å². The molecule has 23 heavy (non-hydrogen) atoms. The van der Waals surface area contributed by atoms with Crippen LogP contribution in [-0.2, 0) is 15.4 Å². The molecule has 0 amide bonds. The van der Waals surface area contributed by atoms with Crippen molar-refractivity contribution in [3.63, 3.8) is 0 Å². The fourth-order valence-corrected chi connectivity index (χ4v) is 3.96. The highest BCUT2D eigenvalue weighted by molar-refractivity contribution is 7.88. The summed E-state index contributed by atoms with van der Waals surface area (Å²) in [6, 6.07) is 5.84. The van der Waals surface area contributed by atoms with Crippen LogP contribution < -0.4 is 5.32 Å². The lowest BCUT2D eigenvalue weighted by atomic mass is 9.71. The van der Waals surface area contributed by atoms with Crippen LogP contribution in [0.5, 0.6) is 0 Å². The van der Waals surface area contributed by atoms with Gasteiger partial charge < -0.3 is 5.32 Å². The second-order valence-electron chi connectivity index (χ2n) is 6.38. The van der Waals surface area contributed by atoms with Gasteiger partial charge in [0.05, 0.1) is 16.3 Å². The molecule has 0 aliphatic carbocycles. The Hall–Kier alpha value is -0.330. The van der Waals surface area contributed by atoms with Crippen LogP contribution in [0.2, 0.25) is 10.0 Å². The molecule has 1 aliphatic heterocycles. The van der Waals surface area contributed by atoms with E-state index in [9.17, 15) is 8.42 Å². The van der Waals surface area contributed by atoms with E-state index >= 15 is 0 Å². The maximum atomic E-state index is 11.5. The van der Waals surface area contributed by atoms with E-state index in [1.54, 1.807) is 7.05 Å². The number of nitrogens with zero attached hydrogens (tertiary/aromatic N) is 1. The minimum absolute atomic E-state index is 0.00910. The van der Waals surface area contributed by atoms with Crippen molar-refractivity contribution in [1.29, 1.82) is 0 Å². The average molecular weight is 379 g/mol. The number of nitrogens with one attached hydrogen (secondary N) is 1. The van der Waals surface area contributed by atoms with Crippen molar-refractivity contribution in [3.8, 4) is 0 Å². The summed E-state index contributed by atoms with van der Waals surface area (Å²) in [5.41, 5.74) is 1.17. The summed E-state index contributed by atoms with van der Waals surface area (Å²) < 4.78 is 24.5. The van der Waals surface area contributed by atoms with Crippen molar-refractivity contribution in [2.45, 2.75) is 31.1 Å². The van der Waals surface area contributed by atoms with Gasteiger partial charge in [-0.25, -0.2) is 12.7 Å². The summed E-state index contributed by atoms with van der Waals surface area (Å²) >= 11 is 12.2. The van der Waals surface area contributed by atoms with Gasteiger partial charge in [-0.05, 0) is 49.9 Å². The highest BCUT2D eigenvalue weighted by atomic mass is 35.5. The lowest BCUT2D eigenvalue weighted by Gasteiger charge is -2.39. The summed E-state index contributed by atoms with van der Waals surface area (Å²) in [7, 11) is -1.50. The van der Waals surface area contributed by atoms with E-state index in [2.05, 4.69) is 5.32 Å². The first-order valence-corrected chi connectivity index (χ1v) is 10.4. The van der Waals surface area contributed by atoms with E-state index in [1.165, 1.54) is 16.1 Å². The molecule has 0 bridgehead atoms. The molecule has 1 saturated heterocycles. The second kappa shape index (κ2) is 7.70. The SMILES string of the molecule is CN(CCC[C@]1(c2ccc(Cl)c(Cl)c2)CCCNC1)S(C)(=O)=O. The molecule has 1 aromatic carbocycles. The zero-order valence-corrected chi connectivity index (χ0v) is 15.9. The monoisotopic (exact) mass is 378 g/mol. The summed E-state index contributed by atoms with van der Waals surface area (Å²) in [5, 5.41) is 4.60. The summed E-state index contributed by atoms with van der Waals surface area (Å²) in [4.78, 5) is 0. The fraction of sp³-hybridized carbons (Fsp3) is 0.625. The molecule has 4 nitrogen and oxygen atoms in total. The molecule has 0 saturated carbocycles. The third kappa shape index (κ3) is 4.83. The molecule has 1 atom stereocenters. The number of sulfonamides is 1. The van der Waals surface area contributed by atoms with E-state index in [0.29, 0.717) is 16.6 Å². The number of piperidine rings is 1. The van der Waals surface area contributed by atoms with Gasteiger partial charge in [0.1, 0.15) is 0 Å². The second-order valence-corrected chi connectivity index (χ2v) is 9.28. The largest absolute Gasteiger partial charge is 0.316 e. The Morgan fingerprint density at radius 3 is 2.61 bits per heavy atom. The van der Waals surface area contributed by atoms with Gasteiger partial charge in [0, 0.05) is 25.6 Å². The summed E-state index contributed by atoms with van der Waals surface area (Å²) in [6.07, 6.45) is 5.13. The maximum absolute atomic E-state index is 11.5. The Kier molecular flexibility index (Phi) is 6.36. The molecular formula is C16H24Cl2N2O2S. The molecule has 1 N–H and O–H groups in total. The minimum Gasteiger partial charge on any atom is -0.316 e. The van der Waals surface area contributed by atoms with Gasteiger partial charge in [0.25, 0.3) is 0 Å². The highest BCUT2D eigenvalue weighted by Crippen LogP contribution is 2.38. The molecule has 130 valence electrons. The predicted molar refractivity (Wildman–Crippen MR) is 97.0 cm³/mol. The van der Waals surface area contributed by atoms with Crippen molar-refractivity contribution in [2.24, 2.45) is 0 Å². The number of hydrogen-bond acceptors (Lipinski definition) is 3. The van der Waals surface area contributed by atoms with Crippen LogP contribution in [0.25, 0.3) is 0 Å². The number of benzene rings is 1. The first-order chi connectivity index (χ1) is 10.7. The summed E-state index contributed by atoms with van der Waals surface area (Å²) in [5.74, 6) is 0. The van der Waals surface area contributed by atoms with Crippen LogP contribution in [-0.4, -0.2) is 45.7 Å². The Bertz CT molecular complexity index is 643. The van der Waals surface area contributed by atoms with Gasteiger partial charge >= 0.3 is 0 Å². The number of rotatable bonds is 6. The Labute approximate surface area is 149 Å². The van der Waals surface area contributed by atoms with E-state index in [1.807, 2.05) is 18.2 Å². The molecule has 1 aliphatic rings. The van der Waals surface area contributed by atoms with Crippen LogP contribution in [0, 0.1) is 0 Å². The van der Waals surface area contributed by atoms with Gasteiger partial charge in [-0.3, -0.25) is 0 Å². The van der Waals surface area contributed by atoms with Gasteiger partial charge in [-0.1, -0.05) is 29.3 Å². The Balaban J connectivity index is 2.14. The van der Waals surface area contributed by atoms with Crippen molar-refractivity contribution in [2.75, 3.05) is 32.9 Å². The third-order valence-electron chi connectivity index (χ3n) is 4.70. The molecule has 0 spiro atoms. The summed E-state index contributed by atoms with van der Waals surface area (Å²) in [6.45, 7) is 2.43. The first-order valence-electron chi connectivity index (χ1n) is 7.82. The van der Waals surface area contributed by atoms with Crippen LogP contribution in [0.15, 0.2) is 18.2 Å². The minimum atomic E-state index is -3.12. The van der Waals surface area contributed by atoms with E-state index in [0.717, 1.165) is 38.8 Å². The topological polar surface area (TPSA) is 49.4 Å². The molecular weight excluding hydrogens is 355 g/mol. The van der Waals surface area contributed by atoms with Crippen molar-refractivity contribution in [3.05, 3.63) is 33.8 Å². The third-order valence-corrected chi connectivity index (χ3v) is 6.75. The van der Waals surface area contributed by atoms with Gasteiger partial charge in [-0.2, -0.15) is 0 Å². The standard InChI is InChI=1S/C16H24Cl2N2O2S/c1-20(23(2,21)22)10-4-8-16(7-3-9-19-12-16)13-5-6-14(17)15(18)11-13/h5-6,11,19H,3-4,7-10,12H2,1-2H3/t16-/m1/s1. The normalized spacial score (nSPS) is 22.5. The molecule has 1 aromatic rings. The zero-order chi connectivity index (χ0) is 17.1. The first kappa shape index (κ1) is 19.0. The Morgan fingerprint density at radius 1 is 1.30 bits per heavy atom.